The van der Waals surface area contributed by atoms with Gasteiger partial charge < -0.3 is 4.98 Å². The van der Waals surface area contributed by atoms with Gasteiger partial charge in [0.25, 0.3) is 0 Å². The summed E-state index contributed by atoms with van der Waals surface area (Å²) in [7, 11) is 0. The average Bonchev–Trinajstić information content (AvgIpc) is 3.12. The fraction of sp³-hybridized carbons (Fsp3) is 0.833. The van der Waals surface area contributed by atoms with Gasteiger partial charge in [-0.3, -0.25) is 0 Å². The van der Waals surface area contributed by atoms with Gasteiger partial charge in [-0.05, 0) is 24.3 Å². The molecule has 0 fully saturated rings. The Balaban J connectivity index is 1.96. The van der Waals surface area contributed by atoms with Crippen LogP contribution in [0.1, 0.15) is 117 Å². The van der Waals surface area contributed by atoms with Gasteiger partial charge in [-0.2, -0.15) is 0 Å². The number of hydrogen-bond acceptors (Lipinski definition) is 2. The second kappa shape index (κ2) is 19.3. The van der Waals surface area contributed by atoms with Crippen molar-refractivity contribution in [2.75, 3.05) is 11.5 Å². The second-order valence-corrected chi connectivity index (χ2v) is 10.1. The van der Waals surface area contributed by atoms with E-state index in [9.17, 15) is 0 Å². The topological polar surface area (TPSA) is 15.8 Å². The molecule has 3 heteroatoms. The fourth-order valence-electron chi connectivity index (χ4n) is 3.40. The monoisotopic (exact) mass is 411 g/mol. The zero-order valence-corrected chi connectivity index (χ0v) is 19.8. The Morgan fingerprint density at radius 2 is 0.852 bits per heavy atom. The second-order valence-electron chi connectivity index (χ2n) is 7.83. The van der Waals surface area contributed by atoms with Gasteiger partial charge >= 0.3 is 0 Å². The van der Waals surface area contributed by atoms with E-state index in [1.807, 2.05) is 0 Å². The molecule has 1 rings (SSSR count). The molecule has 1 aromatic heterocycles. The van der Waals surface area contributed by atoms with E-state index in [0.717, 1.165) is 0 Å². The van der Waals surface area contributed by atoms with Crippen molar-refractivity contribution in [3.05, 3.63) is 12.4 Å². The van der Waals surface area contributed by atoms with Crippen molar-refractivity contribution in [2.24, 2.45) is 0 Å². The van der Waals surface area contributed by atoms with Crippen LogP contribution < -0.4 is 0 Å². The minimum atomic E-state index is 1.28. The van der Waals surface area contributed by atoms with Crippen LogP contribution in [0.3, 0.4) is 0 Å². The summed E-state index contributed by atoms with van der Waals surface area (Å²) in [4.78, 5) is 6.27. The summed E-state index contributed by atoms with van der Waals surface area (Å²) < 4.78 is 0. The van der Waals surface area contributed by atoms with Crippen molar-refractivity contribution >= 4 is 23.5 Å². The van der Waals surface area contributed by atoms with Gasteiger partial charge in [-0.1, -0.05) is 104 Å². The largest absolute Gasteiger partial charge is 0.366 e. The molecule has 0 aliphatic carbocycles. The van der Waals surface area contributed by atoms with Gasteiger partial charge in [0.05, 0.1) is 0 Å². The number of H-pyrrole nitrogens is 1. The van der Waals surface area contributed by atoms with Crippen LogP contribution >= 0.6 is 23.5 Å². The molecule has 27 heavy (non-hydrogen) atoms. The highest BCUT2D eigenvalue weighted by Gasteiger charge is 2.05. The first kappa shape index (κ1) is 25.0. The molecule has 1 aromatic rings. The van der Waals surface area contributed by atoms with Gasteiger partial charge in [-0.25, -0.2) is 0 Å². The molecule has 0 aliphatic rings. The number of aromatic amines is 1. The molecular formula is C24H45NS2. The lowest BCUT2D eigenvalue weighted by Crippen LogP contribution is -1.85. The maximum atomic E-state index is 3.32. The zero-order valence-electron chi connectivity index (χ0n) is 18.2. The summed E-state index contributed by atoms with van der Waals surface area (Å²) in [6.07, 6.45) is 27.0. The Bertz CT molecular complexity index is 380. The number of nitrogens with one attached hydrogen (secondary N) is 1. The third-order valence-corrected chi connectivity index (χ3v) is 7.59. The van der Waals surface area contributed by atoms with Crippen LogP contribution in [-0.2, 0) is 0 Å². The van der Waals surface area contributed by atoms with E-state index in [0.29, 0.717) is 0 Å². The predicted molar refractivity (Wildman–Crippen MR) is 127 cm³/mol. The quantitative estimate of drug-likeness (QED) is 0.170. The predicted octanol–water partition coefficient (Wildman–Crippen LogP) is 9.48. The molecule has 0 aliphatic heterocycles. The number of unbranched alkanes of at least 4 members (excludes halogenated alkanes) is 14. The lowest BCUT2D eigenvalue weighted by Gasteiger charge is -2.05. The maximum Gasteiger partial charge on any atom is 0.0383 e. The van der Waals surface area contributed by atoms with Crippen LogP contribution in [-0.4, -0.2) is 16.5 Å². The molecule has 0 spiro atoms. The lowest BCUT2D eigenvalue weighted by atomic mass is 10.1. The van der Waals surface area contributed by atoms with Crippen molar-refractivity contribution in [3.8, 4) is 0 Å². The van der Waals surface area contributed by atoms with E-state index < -0.39 is 0 Å². The zero-order chi connectivity index (χ0) is 19.4. The SMILES string of the molecule is CCCCCCCCCCSc1c[nH]cc1SCCCCCCCCCC. The minimum absolute atomic E-state index is 1.28. The molecule has 1 N–H and O–H groups in total. The summed E-state index contributed by atoms with van der Waals surface area (Å²) in [5.41, 5.74) is 0. The Morgan fingerprint density at radius 1 is 0.519 bits per heavy atom. The van der Waals surface area contributed by atoms with Crippen molar-refractivity contribution in [1.29, 1.82) is 0 Å². The molecule has 0 saturated heterocycles. The van der Waals surface area contributed by atoms with Crippen LogP contribution in [0.4, 0.5) is 0 Å². The molecule has 0 radical (unpaired) electrons. The Kier molecular flexibility index (Phi) is 17.9. The third kappa shape index (κ3) is 14.6. The Hall–Kier alpha value is -0.0200. The smallest absolute Gasteiger partial charge is 0.0383 e. The van der Waals surface area contributed by atoms with Crippen LogP contribution in [0, 0.1) is 0 Å². The normalized spacial score (nSPS) is 11.3. The van der Waals surface area contributed by atoms with Gasteiger partial charge in [0, 0.05) is 22.2 Å². The fourth-order valence-corrected chi connectivity index (χ4v) is 5.59. The first-order valence-corrected chi connectivity index (χ1v) is 13.8. The lowest BCUT2D eigenvalue weighted by molar-refractivity contribution is 0.586. The van der Waals surface area contributed by atoms with E-state index in [1.54, 1.807) is 0 Å². The van der Waals surface area contributed by atoms with Crippen molar-refractivity contribution in [3.63, 3.8) is 0 Å². The van der Waals surface area contributed by atoms with Crippen molar-refractivity contribution < 1.29 is 0 Å². The first-order valence-electron chi connectivity index (χ1n) is 11.8. The maximum absolute atomic E-state index is 3.32. The Labute approximate surface area is 178 Å². The molecule has 0 aromatic carbocycles. The molecule has 0 atom stereocenters. The van der Waals surface area contributed by atoms with Gasteiger partial charge in [0.2, 0.25) is 0 Å². The van der Waals surface area contributed by atoms with Crippen LogP contribution in [0.2, 0.25) is 0 Å². The number of rotatable bonds is 20. The number of aromatic nitrogens is 1. The highest BCUT2D eigenvalue weighted by Crippen LogP contribution is 2.32. The first-order chi connectivity index (χ1) is 13.4. The highest BCUT2D eigenvalue weighted by molar-refractivity contribution is 8.02. The summed E-state index contributed by atoms with van der Waals surface area (Å²) >= 11 is 4.11. The molecular weight excluding hydrogens is 366 g/mol. The van der Waals surface area contributed by atoms with E-state index in [2.05, 4.69) is 54.7 Å². The van der Waals surface area contributed by atoms with Gasteiger partial charge in [0.15, 0.2) is 0 Å². The summed E-state index contributed by atoms with van der Waals surface area (Å²) in [6.45, 7) is 4.58. The minimum Gasteiger partial charge on any atom is -0.366 e. The summed E-state index contributed by atoms with van der Waals surface area (Å²) in [5, 5.41) is 0. The standard InChI is InChI=1S/C24H45NS2/c1-3-5-7-9-11-13-15-17-19-26-23-21-25-22-24(23)27-20-18-16-14-12-10-8-6-4-2/h21-22,25H,3-20H2,1-2H3. The molecule has 0 bridgehead atoms. The van der Waals surface area contributed by atoms with E-state index in [4.69, 9.17) is 0 Å². The van der Waals surface area contributed by atoms with Crippen LogP contribution in [0.5, 0.6) is 0 Å². The summed E-state index contributed by atoms with van der Waals surface area (Å²) in [5.74, 6) is 2.55. The van der Waals surface area contributed by atoms with Gasteiger partial charge in [0.1, 0.15) is 0 Å². The van der Waals surface area contributed by atoms with Crippen molar-refractivity contribution in [1.82, 2.24) is 4.98 Å². The van der Waals surface area contributed by atoms with E-state index >= 15 is 0 Å². The van der Waals surface area contributed by atoms with Crippen LogP contribution in [0.15, 0.2) is 22.2 Å². The molecule has 0 amide bonds. The molecule has 1 nitrogen and oxygen atoms in total. The van der Waals surface area contributed by atoms with Gasteiger partial charge in [-0.15, -0.1) is 23.5 Å². The molecule has 0 unspecified atom stereocenters. The molecule has 0 saturated carbocycles. The average molecular weight is 412 g/mol. The highest BCUT2D eigenvalue weighted by atomic mass is 32.2. The summed E-state index contributed by atoms with van der Waals surface area (Å²) in [6, 6.07) is 0. The van der Waals surface area contributed by atoms with Crippen molar-refractivity contribution in [2.45, 2.75) is 126 Å². The van der Waals surface area contributed by atoms with E-state index in [-0.39, 0.29) is 0 Å². The molecule has 158 valence electrons. The number of hydrogen-bond donors (Lipinski definition) is 1. The third-order valence-electron chi connectivity index (χ3n) is 5.18. The molecule has 1 heterocycles. The number of thioether (sulfide) groups is 2. The van der Waals surface area contributed by atoms with Crippen LogP contribution in [0.25, 0.3) is 0 Å². The van der Waals surface area contributed by atoms with E-state index in [1.165, 1.54) is 124 Å². The Morgan fingerprint density at radius 3 is 1.22 bits per heavy atom.